The summed E-state index contributed by atoms with van der Waals surface area (Å²) in [6.45, 7) is 3.24. The summed E-state index contributed by atoms with van der Waals surface area (Å²) in [7, 11) is -3.24. The van der Waals surface area contributed by atoms with Gasteiger partial charge in [0, 0.05) is 23.7 Å². The fourth-order valence-electron chi connectivity index (χ4n) is 4.56. The highest BCUT2D eigenvalue weighted by Gasteiger charge is 2.54. The summed E-state index contributed by atoms with van der Waals surface area (Å²) in [6, 6.07) is 10.8. The number of rotatable bonds is 6. The first-order valence-electron chi connectivity index (χ1n) is 11.3. The summed E-state index contributed by atoms with van der Waals surface area (Å²) in [5.41, 5.74) is 6.03. The summed E-state index contributed by atoms with van der Waals surface area (Å²) < 4.78 is 24.4. The maximum absolute atomic E-state index is 13.4. The Morgan fingerprint density at radius 3 is 2.49 bits per heavy atom. The van der Waals surface area contributed by atoms with Crippen LogP contribution < -0.4 is 16.2 Å². The molecule has 9 N–H and O–H groups in total. The molecule has 11 nitrogen and oxygen atoms in total. The van der Waals surface area contributed by atoms with Crippen molar-refractivity contribution in [1.82, 2.24) is 15.3 Å². The van der Waals surface area contributed by atoms with Gasteiger partial charge in [0.15, 0.2) is 0 Å². The molecule has 1 unspecified atom stereocenters. The van der Waals surface area contributed by atoms with Crippen molar-refractivity contribution < 1.29 is 23.4 Å². The molecule has 37 heavy (non-hydrogen) atoms. The number of fused-ring (bicyclic) bond motifs is 1. The number of aliphatic hydroxyl groups excluding tert-OH is 1. The minimum atomic E-state index is -4.70. The fourth-order valence-corrected chi connectivity index (χ4v) is 5.63. The molecule has 1 aliphatic rings. The van der Waals surface area contributed by atoms with Gasteiger partial charge in [0.2, 0.25) is 20.7 Å². The van der Waals surface area contributed by atoms with Crippen molar-refractivity contribution in [2.75, 3.05) is 7.05 Å². The van der Waals surface area contributed by atoms with E-state index in [1.54, 1.807) is 38.1 Å². The molecule has 1 heterocycles. The molecule has 1 aromatic heterocycles. The SMILES string of the molecule is CNC(=O)C(C)(C)C1=CC(c2nc3ccc(C(=N)N)cc3[nH]2)(S(N)(=O)=O)C(O)=C(c2ccccc2O)C1. The van der Waals surface area contributed by atoms with Gasteiger partial charge in [-0.05, 0) is 50.6 Å². The molecule has 0 saturated heterocycles. The van der Waals surface area contributed by atoms with Crippen molar-refractivity contribution in [3.8, 4) is 5.75 Å². The van der Waals surface area contributed by atoms with E-state index in [-0.39, 0.29) is 35.0 Å². The number of hydrogen-bond acceptors (Lipinski definition) is 7. The summed E-state index contributed by atoms with van der Waals surface area (Å²) in [6.07, 6.45) is 1.20. The molecule has 1 amide bonds. The minimum absolute atomic E-state index is 0.0458. The van der Waals surface area contributed by atoms with Crippen molar-refractivity contribution in [3.63, 3.8) is 0 Å². The number of para-hydroxylation sites is 1. The number of sulfonamides is 1. The van der Waals surface area contributed by atoms with Crippen molar-refractivity contribution in [2.45, 2.75) is 25.0 Å². The standard InChI is InChI=1S/C25H28N6O5S/c1-24(2,23(34)29-3)14-11-16(15-6-4-5-7-19(15)32)20(33)25(12-14,37(28,35)36)22-30-17-9-8-13(21(26)27)10-18(17)31-22/h4-10,12,32-33H,11H2,1-3H3,(H3,26,27)(H,29,34)(H,30,31)(H2,28,35,36). The van der Waals surface area contributed by atoms with Gasteiger partial charge in [0.1, 0.15) is 23.2 Å². The zero-order valence-electron chi connectivity index (χ0n) is 20.5. The monoisotopic (exact) mass is 524 g/mol. The van der Waals surface area contributed by atoms with Gasteiger partial charge in [-0.2, -0.15) is 0 Å². The Kier molecular flexibility index (Phi) is 6.13. The summed E-state index contributed by atoms with van der Waals surface area (Å²) in [4.78, 5) is 20.2. The van der Waals surface area contributed by atoms with Crippen LogP contribution in [0, 0.1) is 10.8 Å². The normalized spacial score (nSPS) is 18.5. The van der Waals surface area contributed by atoms with E-state index < -0.39 is 31.9 Å². The topological polar surface area (TPSA) is 208 Å². The molecule has 194 valence electrons. The zero-order valence-corrected chi connectivity index (χ0v) is 21.3. The highest BCUT2D eigenvalue weighted by atomic mass is 32.2. The van der Waals surface area contributed by atoms with E-state index in [1.165, 1.54) is 31.3 Å². The number of nitrogen functional groups attached to an aromatic ring is 1. The van der Waals surface area contributed by atoms with Gasteiger partial charge >= 0.3 is 0 Å². The molecular weight excluding hydrogens is 496 g/mol. The van der Waals surface area contributed by atoms with Crippen LogP contribution >= 0.6 is 0 Å². The lowest BCUT2D eigenvalue weighted by molar-refractivity contribution is -0.127. The van der Waals surface area contributed by atoms with Gasteiger partial charge in [-0.3, -0.25) is 10.2 Å². The Morgan fingerprint density at radius 2 is 1.89 bits per heavy atom. The van der Waals surface area contributed by atoms with Crippen molar-refractivity contribution in [3.05, 3.63) is 76.8 Å². The van der Waals surface area contributed by atoms with E-state index in [2.05, 4.69) is 15.3 Å². The molecule has 0 bridgehead atoms. The van der Waals surface area contributed by atoms with Crippen molar-refractivity contribution in [1.29, 1.82) is 5.41 Å². The number of phenols is 1. The number of nitrogens with one attached hydrogen (secondary N) is 3. The molecule has 1 atom stereocenters. The zero-order chi connectivity index (χ0) is 27.3. The Balaban J connectivity index is 2.12. The van der Waals surface area contributed by atoms with E-state index in [9.17, 15) is 23.4 Å². The third kappa shape index (κ3) is 4.03. The van der Waals surface area contributed by atoms with Gasteiger partial charge in [-0.25, -0.2) is 18.5 Å². The molecule has 0 fully saturated rings. The average molecular weight is 525 g/mol. The van der Waals surface area contributed by atoms with Crippen LogP contribution in [-0.2, 0) is 19.6 Å². The van der Waals surface area contributed by atoms with Gasteiger partial charge in [0.25, 0.3) is 0 Å². The molecule has 2 aromatic carbocycles. The number of H-pyrrole nitrogens is 1. The fraction of sp³-hybridized carbons (Fsp3) is 0.240. The van der Waals surface area contributed by atoms with E-state index in [4.69, 9.17) is 16.3 Å². The van der Waals surface area contributed by atoms with Crippen LogP contribution in [0.2, 0.25) is 0 Å². The van der Waals surface area contributed by atoms with Crippen LogP contribution in [0.3, 0.4) is 0 Å². The van der Waals surface area contributed by atoms with E-state index in [0.29, 0.717) is 22.2 Å². The number of primary sulfonamides is 1. The summed E-state index contributed by atoms with van der Waals surface area (Å²) >= 11 is 0. The quantitative estimate of drug-likeness (QED) is 0.145. The van der Waals surface area contributed by atoms with Crippen LogP contribution in [0.25, 0.3) is 16.6 Å². The number of benzene rings is 2. The second-order valence-electron chi connectivity index (χ2n) is 9.41. The number of amides is 1. The molecule has 0 radical (unpaired) electrons. The van der Waals surface area contributed by atoms with E-state index in [1.807, 2.05) is 0 Å². The Morgan fingerprint density at radius 1 is 1.22 bits per heavy atom. The van der Waals surface area contributed by atoms with Crippen LogP contribution in [0.15, 0.2) is 59.9 Å². The molecule has 3 aromatic rings. The molecule has 0 saturated carbocycles. The number of hydrogen-bond donors (Lipinski definition) is 7. The number of aliphatic hydroxyl groups is 1. The number of nitrogens with zero attached hydrogens (tertiary/aromatic N) is 1. The number of aromatic hydroxyl groups is 1. The van der Waals surface area contributed by atoms with Gasteiger partial charge < -0.3 is 26.2 Å². The highest BCUT2D eigenvalue weighted by molar-refractivity contribution is 7.90. The number of amidine groups is 1. The van der Waals surface area contributed by atoms with Gasteiger partial charge in [-0.1, -0.05) is 23.8 Å². The summed E-state index contributed by atoms with van der Waals surface area (Å²) in [5.74, 6) is -1.66. The molecule has 4 rings (SSSR count). The van der Waals surface area contributed by atoms with E-state index in [0.717, 1.165) is 0 Å². The van der Waals surface area contributed by atoms with Crippen LogP contribution in [0.1, 0.15) is 37.2 Å². The average Bonchev–Trinajstić information content (AvgIpc) is 3.26. The molecular formula is C25H28N6O5S. The number of aromatic amines is 1. The number of allylic oxidation sites excluding steroid dienone is 1. The lowest BCUT2D eigenvalue weighted by Crippen LogP contribution is -2.46. The second-order valence-corrected chi connectivity index (χ2v) is 11.1. The predicted molar refractivity (Wildman–Crippen MR) is 140 cm³/mol. The predicted octanol–water partition coefficient (Wildman–Crippen LogP) is 2.11. The number of phenolic OH excluding ortho intramolecular Hbond substituents is 1. The lowest BCUT2D eigenvalue weighted by Gasteiger charge is -2.37. The van der Waals surface area contributed by atoms with Crippen LogP contribution in [-0.4, -0.2) is 47.4 Å². The first-order chi connectivity index (χ1) is 17.2. The number of imidazole rings is 1. The van der Waals surface area contributed by atoms with E-state index >= 15 is 0 Å². The van der Waals surface area contributed by atoms with Crippen LogP contribution in [0.4, 0.5) is 0 Å². The highest BCUT2D eigenvalue weighted by Crippen LogP contribution is 2.50. The number of aromatic nitrogens is 2. The Hall–Kier alpha value is -4.16. The third-order valence-corrected chi connectivity index (χ3v) is 8.20. The smallest absolute Gasteiger partial charge is 0.233 e. The molecule has 0 spiro atoms. The molecule has 0 aliphatic heterocycles. The third-order valence-electron chi connectivity index (χ3n) is 6.80. The molecule has 12 heteroatoms. The Bertz CT molecular complexity index is 1620. The first-order valence-corrected chi connectivity index (χ1v) is 12.8. The van der Waals surface area contributed by atoms with Gasteiger partial charge in [-0.15, -0.1) is 0 Å². The van der Waals surface area contributed by atoms with Crippen LogP contribution in [0.5, 0.6) is 5.75 Å². The van der Waals surface area contributed by atoms with Crippen molar-refractivity contribution in [2.24, 2.45) is 16.3 Å². The first kappa shape index (κ1) is 25.9. The maximum Gasteiger partial charge on any atom is 0.233 e. The number of nitrogens with two attached hydrogens (primary N) is 2. The summed E-state index contributed by atoms with van der Waals surface area (Å²) in [5, 5.41) is 38.3. The maximum atomic E-state index is 13.4. The largest absolute Gasteiger partial charge is 0.509 e. The number of carbonyl (C=O) groups is 1. The Labute approximate surface area is 213 Å². The lowest BCUT2D eigenvalue weighted by atomic mass is 9.73. The minimum Gasteiger partial charge on any atom is -0.509 e. The van der Waals surface area contributed by atoms with Gasteiger partial charge in [0.05, 0.1) is 16.4 Å². The number of carbonyl (C=O) groups excluding carboxylic acids is 1. The van der Waals surface area contributed by atoms with Crippen molar-refractivity contribution >= 4 is 38.4 Å². The second kappa shape index (κ2) is 8.75. The molecule has 1 aliphatic carbocycles.